The van der Waals surface area contributed by atoms with Crippen LogP contribution in [0.5, 0.6) is 23.0 Å². The lowest BCUT2D eigenvalue weighted by atomic mass is 10.1. The van der Waals surface area contributed by atoms with E-state index in [1.807, 2.05) is 36.4 Å². The topological polar surface area (TPSA) is 55.8 Å². The standard InChI is InChI=1S/C27H29FO4S/c1-2-20-6-11-23(12-7-20)31-24-13-8-22(9-14-24)18-33-19-27(30)32-26-15-10-21(17-25(26)29)5-3-4-16-28/h6-15,17,29H,2-5,16,18-19H2,1H3. The van der Waals surface area contributed by atoms with E-state index in [1.54, 1.807) is 18.2 Å². The monoisotopic (exact) mass is 468 g/mol. The zero-order valence-corrected chi connectivity index (χ0v) is 19.6. The molecule has 3 rings (SSSR count). The van der Waals surface area contributed by atoms with Crippen molar-refractivity contribution in [3.8, 4) is 23.0 Å². The zero-order chi connectivity index (χ0) is 23.5. The van der Waals surface area contributed by atoms with Gasteiger partial charge in [0.25, 0.3) is 0 Å². The number of aryl methyl sites for hydroxylation is 2. The Labute approximate surface area is 198 Å². The Bertz CT molecular complexity index is 1020. The molecule has 3 aromatic carbocycles. The maximum Gasteiger partial charge on any atom is 0.321 e. The van der Waals surface area contributed by atoms with Crippen LogP contribution in [0, 0.1) is 0 Å². The average Bonchev–Trinajstić information content (AvgIpc) is 2.82. The van der Waals surface area contributed by atoms with Crippen molar-refractivity contribution in [2.75, 3.05) is 12.4 Å². The highest BCUT2D eigenvalue weighted by molar-refractivity contribution is 7.99. The van der Waals surface area contributed by atoms with Gasteiger partial charge in [-0.3, -0.25) is 9.18 Å². The number of hydrogen-bond donors (Lipinski definition) is 1. The van der Waals surface area contributed by atoms with Crippen molar-refractivity contribution in [3.05, 3.63) is 83.4 Å². The van der Waals surface area contributed by atoms with E-state index in [9.17, 15) is 14.3 Å². The van der Waals surface area contributed by atoms with Gasteiger partial charge in [0, 0.05) is 5.75 Å². The van der Waals surface area contributed by atoms with E-state index >= 15 is 0 Å². The first-order chi connectivity index (χ1) is 16.1. The van der Waals surface area contributed by atoms with Gasteiger partial charge in [-0.2, -0.15) is 0 Å². The van der Waals surface area contributed by atoms with E-state index in [1.165, 1.54) is 17.3 Å². The zero-order valence-electron chi connectivity index (χ0n) is 18.8. The van der Waals surface area contributed by atoms with Crippen molar-refractivity contribution >= 4 is 17.7 Å². The van der Waals surface area contributed by atoms with Gasteiger partial charge in [0.15, 0.2) is 11.5 Å². The van der Waals surface area contributed by atoms with Crippen LogP contribution in [0.1, 0.15) is 36.5 Å². The van der Waals surface area contributed by atoms with Crippen molar-refractivity contribution < 1.29 is 23.8 Å². The molecule has 0 saturated carbocycles. The number of esters is 1. The summed E-state index contributed by atoms with van der Waals surface area (Å²) in [6.45, 7) is 1.78. The molecule has 0 radical (unpaired) electrons. The third kappa shape index (κ3) is 8.13. The van der Waals surface area contributed by atoms with E-state index in [0.29, 0.717) is 25.0 Å². The number of aromatic hydroxyl groups is 1. The summed E-state index contributed by atoms with van der Waals surface area (Å²) in [6, 6.07) is 20.7. The SMILES string of the molecule is CCc1ccc(Oc2ccc(CSCC(=O)Oc3ccc(CCCCF)cc3O)cc2)cc1. The number of thioether (sulfide) groups is 1. The summed E-state index contributed by atoms with van der Waals surface area (Å²) in [6.07, 6.45) is 2.88. The van der Waals surface area contributed by atoms with Crippen LogP contribution >= 0.6 is 11.8 Å². The number of benzene rings is 3. The number of carbonyl (C=O) groups is 1. The fourth-order valence-electron chi connectivity index (χ4n) is 3.22. The molecule has 3 aromatic rings. The molecule has 0 aliphatic rings. The molecule has 0 atom stereocenters. The second kappa shape index (κ2) is 12.9. The Morgan fingerprint density at radius 3 is 2.15 bits per heavy atom. The highest BCUT2D eigenvalue weighted by Crippen LogP contribution is 2.28. The molecular weight excluding hydrogens is 439 g/mol. The third-order valence-electron chi connectivity index (χ3n) is 5.08. The molecule has 33 heavy (non-hydrogen) atoms. The predicted octanol–water partition coefficient (Wildman–Crippen LogP) is 6.88. The van der Waals surface area contributed by atoms with Gasteiger partial charge >= 0.3 is 5.97 Å². The molecule has 0 bridgehead atoms. The van der Waals surface area contributed by atoms with Crippen molar-refractivity contribution in [2.45, 2.75) is 38.4 Å². The Morgan fingerprint density at radius 2 is 1.55 bits per heavy atom. The quantitative estimate of drug-likeness (QED) is 0.178. The number of alkyl halides is 1. The molecule has 1 N–H and O–H groups in total. The lowest BCUT2D eigenvalue weighted by Crippen LogP contribution is -2.11. The lowest BCUT2D eigenvalue weighted by molar-refractivity contribution is -0.131. The van der Waals surface area contributed by atoms with Crippen LogP contribution in [0.15, 0.2) is 66.7 Å². The number of hydrogen-bond acceptors (Lipinski definition) is 5. The molecule has 4 nitrogen and oxygen atoms in total. The van der Waals surface area contributed by atoms with Gasteiger partial charge in [-0.1, -0.05) is 37.3 Å². The molecule has 0 aliphatic carbocycles. The third-order valence-corrected chi connectivity index (χ3v) is 6.05. The number of phenolic OH excluding ortho intramolecular Hbond substituents is 1. The smallest absolute Gasteiger partial charge is 0.321 e. The largest absolute Gasteiger partial charge is 0.504 e. The molecule has 0 amide bonds. The second-order valence-corrected chi connectivity index (χ2v) is 8.64. The number of halogens is 1. The van der Waals surface area contributed by atoms with Gasteiger partial charge in [0.2, 0.25) is 0 Å². The summed E-state index contributed by atoms with van der Waals surface area (Å²) in [7, 11) is 0. The van der Waals surface area contributed by atoms with Gasteiger partial charge < -0.3 is 14.6 Å². The molecule has 174 valence electrons. The van der Waals surface area contributed by atoms with Gasteiger partial charge in [0.1, 0.15) is 11.5 Å². The second-order valence-electron chi connectivity index (χ2n) is 7.66. The van der Waals surface area contributed by atoms with Crippen LogP contribution in [0.4, 0.5) is 4.39 Å². The van der Waals surface area contributed by atoms with Gasteiger partial charge in [0.05, 0.1) is 12.4 Å². The van der Waals surface area contributed by atoms with Crippen LogP contribution in [-0.4, -0.2) is 23.5 Å². The fraction of sp³-hybridized carbons (Fsp3) is 0.296. The number of ether oxygens (including phenoxy) is 2. The predicted molar refractivity (Wildman–Crippen MR) is 131 cm³/mol. The maximum atomic E-state index is 12.2. The lowest BCUT2D eigenvalue weighted by Gasteiger charge is -2.09. The minimum Gasteiger partial charge on any atom is -0.504 e. The van der Waals surface area contributed by atoms with Gasteiger partial charge in [-0.25, -0.2) is 0 Å². The van der Waals surface area contributed by atoms with Crippen LogP contribution in [0.2, 0.25) is 0 Å². The molecule has 0 aromatic heterocycles. The first kappa shape index (κ1) is 24.6. The number of phenols is 1. The summed E-state index contributed by atoms with van der Waals surface area (Å²) in [4.78, 5) is 12.1. The fourth-order valence-corrected chi connectivity index (χ4v) is 3.97. The number of carbonyl (C=O) groups excluding carboxylic acids is 1. The summed E-state index contributed by atoms with van der Waals surface area (Å²) < 4.78 is 23.3. The highest BCUT2D eigenvalue weighted by Gasteiger charge is 2.10. The minimum absolute atomic E-state index is 0.0778. The summed E-state index contributed by atoms with van der Waals surface area (Å²) in [5, 5.41) is 10.1. The van der Waals surface area contributed by atoms with Crippen LogP contribution < -0.4 is 9.47 Å². The molecule has 6 heteroatoms. The normalized spacial score (nSPS) is 10.7. The average molecular weight is 469 g/mol. The first-order valence-corrected chi connectivity index (χ1v) is 12.2. The molecule has 0 heterocycles. The Kier molecular flexibility index (Phi) is 9.63. The maximum absolute atomic E-state index is 12.2. The highest BCUT2D eigenvalue weighted by atomic mass is 32.2. The molecule has 0 saturated heterocycles. The molecule has 0 spiro atoms. The number of rotatable bonds is 12. The summed E-state index contributed by atoms with van der Waals surface area (Å²) in [5.41, 5.74) is 3.23. The molecule has 0 aliphatic heterocycles. The molecular formula is C27H29FO4S. The van der Waals surface area contributed by atoms with E-state index < -0.39 is 5.97 Å². The minimum atomic E-state index is -0.420. The van der Waals surface area contributed by atoms with Crippen molar-refractivity contribution in [1.29, 1.82) is 0 Å². The number of unbranched alkanes of at least 4 members (excludes halogenated alkanes) is 1. The van der Waals surface area contributed by atoms with E-state index in [2.05, 4.69) is 19.1 Å². The van der Waals surface area contributed by atoms with Crippen LogP contribution in [0.3, 0.4) is 0 Å². The van der Waals surface area contributed by atoms with E-state index in [-0.39, 0.29) is 23.9 Å². The summed E-state index contributed by atoms with van der Waals surface area (Å²) in [5.74, 6) is 2.02. The van der Waals surface area contributed by atoms with Gasteiger partial charge in [-0.15, -0.1) is 11.8 Å². The Balaban J connectivity index is 1.42. The Morgan fingerprint density at radius 1 is 0.909 bits per heavy atom. The van der Waals surface area contributed by atoms with Crippen LogP contribution in [0.25, 0.3) is 0 Å². The summed E-state index contributed by atoms with van der Waals surface area (Å²) >= 11 is 1.44. The first-order valence-electron chi connectivity index (χ1n) is 11.1. The molecule has 0 unspecified atom stereocenters. The van der Waals surface area contributed by atoms with E-state index in [4.69, 9.17) is 9.47 Å². The Hall–Kier alpha value is -2.99. The van der Waals surface area contributed by atoms with E-state index in [0.717, 1.165) is 29.0 Å². The molecule has 0 fully saturated rings. The van der Waals surface area contributed by atoms with Crippen molar-refractivity contribution in [3.63, 3.8) is 0 Å². The van der Waals surface area contributed by atoms with Gasteiger partial charge in [-0.05, 0) is 78.8 Å². The van der Waals surface area contributed by atoms with Crippen LogP contribution in [-0.2, 0) is 23.4 Å². The van der Waals surface area contributed by atoms with Crippen molar-refractivity contribution in [2.24, 2.45) is 0 Å². The van der Waals surface area contributed by atoms with Crippen molar-refractivity contribution in [1.82, 2.24) is 0 Å².